The van der Waals surface area contributed by atoms with Gasteiger partial charge in [0.2, 0.25) is 0 Å². The summed E-state index contributed by atoms with van der Waals surface area (Å²) >= 11 is 0. The smallest absolute Gasteiger partial charge is 0.0113 e. The fourth-order valence-electron chi connectivity index (χ4n) is 6.69. The van der Waals surface area contributed by atoms with Crippen molar-refractivity contribution in [3.8, 4) is 0 Å². The second-order valence-corrected chi connectivity index (χ2v) is 13.9. The molecular formula is C43H80N2. The second-order valence-electron chi connectivity index (χ2n) is 13.9. The summed E-state index contributed by atoms with van der Waals surface area (Å²) in [6.07, 6.45) is 54.3. The maximum atomic E-state index is 2.87. The average molecular weight is 625 g/mol. The maximum absolute atomic E-state index is 2.87. The van der Waals surface area contributed by atoms with E-state index in [1.807, 2.05) is 0 Å². The molecule has 1 aliphatic heterocycles. The van der Waals surface area contributed by atoms with E-state index in [9.17, 15) is 0 Å². The van der Waals surface area contributed by atoms with E-state index in [1.54, 1.807) is 0 Å². The fourth-order valence-corrected chi connectivity index (χ4v) is 6.69. The first-order valence-corrected chi connectivity index (χ1v) is 20.4. The Labute approximate surface area is 284 Å². The first kappa shape index (κ1) is 41.9. The van der Waals surface area contributed by atoms with Gasteiger partial charge in [-0.1, -0.05) is 159 Å². The Morgan fingerprint density at radius 3 is 1.13 bits per heavy atom. The lowest BCUT2D eigenvalue weighted by Gasteiger charge is -2.39. The van der Waals surface area contributed by atoms with E-state index in [0.717, 1.165) is 18.9 Å². The molecule has 45 heavy (non-hydrogen) atoms. The summed E-state index contributed by atoms with van der Waals surface area (Å²) in [5.74, 6) is 0. The highest BCUT2D eigenvalue weighted by molar-refractivity contribution is 4.93. The number of rotatable bonds is 32. The SMILES string of the molecule is CCCCCC=CCC=CCCCCCCCCC(CCCCCCCCC=CCC=CCCCCC)N1CCN(CC)CC1. The van der Waals surface area contributed by atoms with Crippen molar-refractivity contribution in [1.82, 2.24) is 9.80 Å². The molecule has 0 aromatic carbocycles. The van der Waals surface area contributed by atoms with Crippen LogP contribution >= 0.6 is 0 Å². The molecule has 1 saturated heterocycles. The molecule has 0 unspecified atom stereocenters. The second kappa shape index (κ2) is 34.2. The Morgan fingerprint density at radius 1 is 0.400 bits per heavy atom. The Bertz CT molecular complexity index is 649. The molecule has 0 atom stereocenters. The molecule has 1 rings (SSSR count). The Hall–Kier alpha value is -1.12. The van der Waals surface area contributed by atoms with E-state index in [2.05, 4.69) is 79.2 Å². The largest absolute Gasteiger partial charge is 0.301 e. The number of piperazine rings is 1. The molecule has 0 aliphatic carbocycles. The predicted octanol–water partition coefficient (Wildman–Crippen LogP) is 13.4. The molecule has 0 aromatic rings. The highest BCUT2D eigenvalue weighted by atomic mass is 15.3. The van der Waals surface area contributed by atoms with Crippen LogP contribution in [-0.4, -0.2) is 48.6 Å². The molecule has 0 bridgehead atoms. The number of unbranched alkanes of at least 4 members (excludes halogenated alkanes) is 18. The van der Waals surface area contributed by atoms with Gasteiger partial charge in [0.25, 0.3) is 0 Å². The van der Waals surface area contributed by atoms with Crippen molar-refractivity contribution in [2.45, 2.75) is 194 Å². The van der Waals surface area contributed by atoms with Crippen molar-refractivity contribution in [1.29, 1.82) is 0 Å². The van der Waals surface area contributed by atoms with E-state index in [0.29, 0.717) is 0 Å². The van der Waals surface area contributed by atoms with E-state index < -0.39 is 0 Å². The van der Waals surface area contributed by atoms with Gasteiger partial charge in [0.1, 0.15) is 0 Å². The lowest BCUT2D eigenvalue weighted by Crippen LogP contribution is -2.50. The highest BCUT2D eigenvalue weighted by Gasteiger charge is 2.22. The molecule has 0 saturated carbocycles. The lowest BCUT2D eigenvalue weighted by molar-refractivity contribution is 0.0885. The van der Waals surface area contributed by atoms with Crippen molar-refractivity contribution >= 4 is 0 Å². The highest BCUT2D eigenvalue weighted by Crippen LogP contribution is 2.21. The van der Waals surface area contributed by atoms with Crippen LogP contribution < -0.4 is 0 Å². The van der Waals surface area contributed by atoms with Gasteiger partial charge >= 0.3 is 0 Å². The van der Waals surface area contributed by atoms with Gasteiger partial charge in [0.15, 0.2) is 0 Å². The quantitative estimate of drug-likeness (QED) is 0.0542. The summed E-state index contributed by atoms with van der Waals surface area (Å²) in [4.78, 5) is 5.50. The van der Waals surface area contributed by atoms with Crippen molar-refractivity contribution in [2.75, 3.05) is 32.7 Å². The zero-order chi connectivity index (χ0) is 32.3. The van der Waals surface area contributed by atoms with Crippen molar-refractivity contribution in [3.63, 3.8) is 0 Å². The van der Waals surface area contributed by atoms with Crippen LogP contribution in [0.1, 0.15) is 188 Å². The summed E-state index contributed by atoms with van der Waals surface area (Å²) in [7, 11) is 0. The molecule has 0 N–H and O–H groups in total. The van der Waals surface area contributed by atoms with Gasteiger partial charge in [-0.15, -0.1) is 0 Å². The average Bonchev–Trinajstić information content (AvgIpc) is 3.07. The van der Waals surface area contributed by atoms with Crippen LogP contribution in [0.3, 0.4) is 0 Å². The lowest BCUT2D eigenvalue weighted by atomic mass is 9.98. The van der Waals surface area contributed by atoms with Gasteiger partial charge in [-0.3, -0.25) is 4.90 Å². The van der Waals surface area contributed by atoms with Gasteiger partial charge in [-0.25, -0.2) is 0 Å². The Morgan fingerprint density at radius 2 is 0.756 bits per heavy atom. The Balaban J connectivity index is 2.10. The van der Waals surface area contributed by atoms with Crippen LogP contribution in [0.4, 0.5) is 0 Å². The third-order valence-electron chi connectivity index (χ3n) is 9.85. The predicted molar refractivity (Wildman–Crippen MR) is 205 cm³/mol. The van der Waals surface area contributed by atoms with Crippen LogP contribution in [0.25, 0.3) is 0 Å². The Kier molecular flexibility index (Phi) is 31.9. The normalized spacial score (nSPS) is 16.0. The first-order valence-electron chi connectivity index (χ1n) is 20.4. The zero-order valence-corrected chi connectivity index (χ0v) is 31.0. The van der Waals surface area contributed by atoms with Gasteiger partial charge < -0.3 is 4.90 Å². The maximum Gasteiger partial charge on any atom is 0.0113 e. The molecule has 0 amide bonds. The summed E-state index contributed by atoms with van der Waals surface area (Å²) in [6, 6.07) is 0.834. The van der Waals surface area contributed by atoms with Gasteiger partial charge in [-0.2, -0.15) is 0 Å². The van der Waals surface area contributed by atoms with Gasteiger partial charge in [0, 0.05) is 32.2 Å². The molecule has 1 fully saturated rings. The number of allylic oxidation sites excluding steroid dienone is 8. The number of hydrogen-bond acceptors (Lipinski definition) is 2. The van der Waals surface area contributed by atoms with Crippen molar-refractivity contribution in [2.24, 2.45) is 0 Å². The number of nitrogens with zero attached hydrogens (tertiary/aromatic N) is 2. The molecule has 1 aliphatic rings. The van der Waals surface area contributed by atoms with E-state index >= 15 is 0 Å². The minimum Gasteiger partial charge on any atom is -0.301 e. The number of likely N-dealkylation sites (N-methyl/N-ethyl adjacent to an activating group) is 1. The summed E-state index contributed by atoms with van der Waals surface area (Å²) in [6.45, 7) is 13.2. The van der Waals surface area contributed by atoms with Crippen LogP contribution in [0, 0.1) is 0 Å². The minimum atomic E-state index is 0.834. The topological polar surface area (TPSA) is 6.48 Å². The molecule has 0 spiro atoms. The van der Waals surface area contributed by atoms with Crippen molar-refractivity contribution < 1.29 is 0 Å². The van der Waals surface area contributed by atoms with Gasteiger partial charge in [0.05, 0.1) is 0 Å². The minimum absolute atomic E-state index is 0.834. The molecule has 262 valence electrons. The van der Waals surface area contributed by atoms with Crippen LogP contribution in [0.15, 0.2) is 48.6 Å². The standard InChI is InChI=1S/C43H80N2/c1-4-7-9-11-13-15-17-19-21-23-25-27-29-31-33-35-37-43(45-41-39-44(6-3)40-42-45)38-36-34-32-30-28-26-24-22-20-18-16-14-12-10-8-5-2/h13-16,19-22,43H,4-12,17-18,23-42H2,1-3H3. The summed E-state index contributed by atoms with van der Waals surface area (Å²) in [5.41, 5.74) is 0. The molecule has 1 heterocycles. The van der Waals surface area contributed by atoms with Crippen molar-refractivity contribution in [3.05, 3.63) is 48.6 Å². The van der Waals surface area contributed by atoms with Crippen LogP contribution in [0.5, 0.6) is 0 Å². The monoisotopic (exact) mass is 625 g/mol. The zero-order valence-electron chi connectivity index (χ0n) is 31.0. The molecule has 0 aromatic heterocycles. The van der Waals surface area contributed by atoms with E-state index in [-0.39, 0.29) is 0 Å². The van der Waals surface area contributed by atoms with E-state index in [1.165, 1.54) is 187 Å². The molecule has 0 radical (unpaired) electrons. The first-order chi connectivity index (χ1) is 22.3. The van der Waals surface area contributed by atoms with Crippen LogP contribution in [-0.2, 0) is 0 Å². The third-order valence-corrected chi connectivity index (χ3v) is 9.85. The van der Waals surface area contributed by atoms with Crippen LogP contribution in [0.2, 0.25) is 0 Å². The molecule has 2 nitrogen and oxygen atoms in total. The fraction of sp³-hybridized carbons (Fsp3) is 0.814. The third kappa shape index (κ3) is 27.7. The molecular weight excluding hydrogens is 544 g/mol. The van der Waals surface area contributed by atoms with Gasteiger partial charge in [-0.05, 0) is 83.6 Å². The summed E-state index contributed by atoms with van der Waals surface area (Å²) < 4.78 is 0. The van der Waals surface area contributed by atoms with E-state index in [4.69, 9.17) is 0 Å². The summed E-state index contributed by atoms with van der Waals surface area (Å²) in [5, 5.41) is 0. The molecule has 2 heteroatoms. The number of hydrogen-bond donors (Lipinski definition) is 0.